The number of hydrogen-bond donors (Lipinski definition) is 1. The standard InChI is InChI=1S/C19H22N2O4/c1-13(2)21-16(22)12-25-18(17(21)14-7-4-3-5-8-14)19(23)20-11-15-9-6-10-24-15/h3-10,13,17-18H,11-12H2,1-2H3,(H,20,23)/t17-,18+/m1/s1. The van der Waals surface area contributed by atoms with Gasteiger partial charge in [-0.05, 0) is 31.5 Å². The number of nitrogens with zero attached hydrogens (tertiary/aromatic N) is 1. The average Bonchev–Trinajstić information content (AvgIpc) is 3.13. The van der Waals surface area contributed by atoms with Crippen LogP contribution in [0.2, 0.25) is 0 Å². The van der Waals surface area contributed by atoms with Crippen LogP contribution in [-0.4, -0.2) is 35.5 Å². The minimum absolute atomic E-state index is 0.0398. The number of benzene rings is 1. The second-order valence-electron chi connectivity index (χ2n) is 6.28. The van der Waals surface area contributed by atoms with Crippen LogP contribution < -0.4 is 5.32 Å². The Hall–Kier alpha value is -2.60. The molecule has 2 amide bonds. The van der Waals surface area contributed by atoms with Crippen LogP contribution in [0.25, 0.3) is 0 Å². The SMILES string of the molecule is CC(C)N1C(=O)CO[C@H](C(=O)NCc2ccco2)[C@H]1c1ccccc1. The first-order valence-corrected chi connectivity index (χ1v) is 8.35. The first-order chi connectivity index (χ1) is 12.1. The monoisotopic (exact) mass is 342 g/mol. The molecule has 132 valence electrons. The van der Waals surface area contributed by atoms with Gasteiger partial charge in [0.25, 0.3) is 5.91 Å². The number of rotatable bonds is 5. The van der Waals surface area contributed by atoms with Gasteiger partial charge in [-0.2, -0.15) is 0 Å². The maximum atomic E-state index is 12.7. The van der Waals surface area contributed by atoms with Crippen LogP contribution in [0.3, 0.4) is 0 Å². The number of carbonyl (C=O) groups is 2. The van der Waals surface area contributed by atoms with Gasteiger partial charge >= 0.3 is 0 Å². The summed E-state index contributed by atoms with van der Waals surface area (Å²) in [7, 11) is 0. The van der Waals surface area contributed by atoms with Crippen molar-refractivity contribution in [1.29, 1.82) is 0 Å². The van der Waals surface area contributed by atoms with Crippen molar-refractivity contribution in [3.63, 3.8) is 0 Å². The van der Waals surface area contributed by atoms with E-state index in [0.717, 1.165) is 5.56 Å². The van der Waals surface area contributed by atoms with Gasteiger partial charge < -0.3 is 19.4 Å². The van der Waals surface area contributed by atoms with E-state index >= 15 is 0 Å². The predicted molar refractivity (Wildman–Crippen MR) is 91.5 cm³/mol. The summed E-state index contributed by atoms with van der Waals surface area (Å²) in [4.78, 5) is 26.9. The molecule has 6 heteroatoms. The predicted octanol–water partition coefficient (Wildman–Crippen LogP) is 2.27. The Labute approximate surface area is 146 Å². The molecule has 1 aromatic heterocycles. The molecular weight excluding hydrogens is 320 g/mol. The molecule has 6 nitrogen and oxygen atoms in total. The summed E-state index contributed by atoms with van der Waals surface area (Å²) in [6, 6.07) is 12.6. The second-order valence-corrected chi connectivity index (χ2v) is 6.28. The van der Waals surface area contributed by atoms with Gasteiger partial charge in [0.05, 0.1) is 18.8 Å². The zero-order valence-corrected chi connectivity index (χ0v) is 14.3. The fourth-order valence-electron chi connectivity index (χ4n) is 3.13. The lowest BCUT2D eigenvalue weighted by Gasteiger charge is -2.42. The molecule has 1 aliphatic heterocycles. The number of nitrogens with one attached hydrogen (secondary N) is 1. The van der Waals surface area contributed by atoms with Gasteiger partial charge in [-0.3, -0.25) is 9.59 Å². The topological polar surface area (TPSA) is 71.8 Å². The van der Waals surface area contributed by atoms with Crippen molar-refractivity contribution in [1.82, 2.24) is 10.2 Å². The van der Waals surface area contributed by atoms with Crippen LogP contribution in [0.1, 0.15) is 31.2 Å². The van der Waals surface area contributed by atoms with Crippen molar-refractivity contribution in [2.75, 3.05) is 6.61 Å². The summed E-state index contributed by atoms with van der Waals surface area (Å²) in [6.45, 7) is 4.07. The normalized spacial score (nSPS) is 20.8. The van der Waals surface area contributed by atoms with E-state index in [2.05, 4.69) is 5.32 Å². The lowest BCUT2D eigenvalue weighted by Crippen LogP contribution is -2.56. The largest absolute Gasteiger partial charge is 0.467 e. The van der Waals surface area contributed by atoms with Gasteiger partial charge in [0.15, 0.2) is 6.10 Å². The molecular formula is C19H22N2O4. The Kier molecular flexibility index (Phi) is 5.19. The molecule has 1 saturated heterocycles. The molecule has 2 atom stereocenters. The van der Waals surface area contributed by atoms with E-state index in [-0.39, 0.29) is 31.0 Å². The van der Waals surface area contributed by atoms with Crippen LogP contribution in [0, 0.1) is 0 Å². The molecule has 2 heterocycles. The summed E-state index contributed by atoms with van der Waals surface area (Å²) < 4.78 is 10.9. The molecule has 1 aliphatic rings. The third-order valence-electron chi connectivity index (χ3n) is 4.23. The minimum Gasteiger partial charge on any atom is -0.467 e. The Morgan fingerprint density at radius 1 is 1.24 bits per heavy atom. The molecule has 0 unspecified atom stereocenters. The average molecular weight is 342 g/mol. The zero-order chi connectivity index (χ0) is 17.8. The van der Waals surface area contributed by atoms with E-state index in [1.54, 1.807) is 23.3 Å². The quantitative estimate of drug-likeness (QED) is 0.905. The molecule has 0 saturated carbocycles. The molecule has 0 bridgehead atoms. The first-order valence-electron chi connectivity index (χ1n) is 8.35. The maximum absolute atomic E-state index is 12.7. The number of furan rings is 1. The van der Waals surface area contributed by atoms with Crippen LogP contribution in [0.5, 0.6) is 0 Å². The molecule has 25 heavy (non-hydrogen) atoms. The molecule has 1 fully saturated rings. The number of hydrogen-bond acceptors (Lipinski definition) is 4. The van der Waals surface area contributed by atoms with Gasteiger partial charge in [-0.25, -0.2) is 0 Å². The molecule has 1 aromatic carbocycles. The molecule has 0 spiro atoms. The smallest absolute Gasteiger partial charge is 0.252 e. The highest BCUT2D eigenvalue weighted by Gasteiger charge is 2.42. The third-order valence-corrected chi connectivity index (χ3v) is 4.23. The van der Waals surface area contributed by atoms with Gasteiger partial charge in [0.1, 0.15) is 12.4 Å². The number of amides is 2. The van der Waals surface area contributed by atoms with Crippen molar-refractivity contribution in [2.45, 2.75) is 38.6 Å². The van der Waals surface area contributed by atoms with Gasteiger partial charge in [0.2, 0.25) is 5.91 Å². The minimum atomic E-state index is -0.766. The van der Waals surface area contributed by atoms with Crippen LogP contribution in [0.15, 0.2) is 53.1 Å². The summed E-state index contributed by atoms with van der Waals surface area (Å²) in [5.41, 5.74) is 0.877. The number of ether oxygens (including phenoxy) is 1. The van der Waals surface area contributed by atoms with Crippen molar-refractivity contribution in [2.24, 2.45) is 0 Å². The van der Waals surface area contributed by atoms with E-state index < -0.39 is 12.1 Å². The van der Waals surface area contributed by atoms with E-state index in [1.165, 1.54) is 0 Å². The Morgan fingerprint density at radius 3 is 2.64 bits per heavy atom. The van der Waals surface area contributed by atoms with Crippen molar-refractivity contribution < 1.29 is 18.7 Å². The van der Waals surface area contributed by atoms with Crippen molar-refractivity contribution in [3.8, 4) is 0 Å². The van der Waals surface area contributed by atoms with Crippen molar-refractivity contribution in [3.05, 3.63) is 60.1 Å². The molecule has 1 N–H and O–H groups in total. The molecule has 2 aromatic rings. The molecule has 0 radical (unpaired) electrons. The van der Waals surface area contributed by atoms with Crippen LogP contribution in [0.4, 0.5) is 0 Å². The Morgan fingerprint density at radius 2 is 2.00 bits per heavy atom. The molecule has 0 aliphatic carbocycles. The number of carbonyl (C=O) groups excluding carboxylic acids is 2. The zero-order valence-electron chi connectivity index (χ0n) is 14.3. The van der Waals surface area contributed by atoms with Gasteiger partial charge in [-0.15, -0.1) is 0 Å². The Balaban J connectivity index is 1.84. The highest BCUT2D eigenvalue weighted by atomic mass is 16.5. The van der Waals surface area contributed by atoms with Gasteiger partial charge in [-0.1, -0.05) is 30.3 Å². The fraction of sp³-hybridized carbons (Fsp3) is 0.368. The van der Waals surface area contributed by atoms with Crippen molar-refractivity contribution >= 4 is 11.8 Å². The van der Waals surface area contributed by atoms with Gasteiger partial charge in [0, 0.05) is 6.04 Å². The fourth-order valence-corrected chi connectivity index (χ4v) is 3.13. The van der Waals surface area contributed by atoms with E-state index in [0.29, 0.717) is 5.76 Å². The van der Waals surface area contributed by atoms with E-state index in [9.17, 15) is 9.59 Å². The van der Waals surface area contributed by atoms with Crippen LogP contribution >= 0.6 is 0 Å². The van der Waals surface area contributed by atoms with Crippen LogP contribution in [-0.2, 0) is 20.9 Å². The maximum Gasteiger partial charge on any atom is 0.252 e. The highest BCUT2D eigenvalue weighted by Crippen LogP contribution is 2.32. The summed E-state index contributed by atoms with van der Waals surface area (Å²) in [5, 5.41) is 2.83. The summed E-state index contributed by atoms with van der Waals surface area (Å²) in [6.07, 6.45) is 0.794. The summed E-state index contributed by atoms with van der Waals surface area (Å²) in [5.74, 6) is 0.291. The third kappa shape index (κ3) is 3.74. The Bertz CT molecular complexity index is 712. The second kappa shape index (κ2) is 7.53. The number of morpholine rings is 1. The van der Waals surface area contributed by atoms with E-state index in [1.807, 2.05) is 44.2 Å². The lowest BCUT2D eigenvalue weighted by atomic mass is 9.96. The highest BCUT2D eigenvalue weighted by molar-refractivity contribution is 5.86. The van der Waals surface area contributed by atoms with E-state index in [4.69, 9.17) is 9.15 Å². The first kappa shape index (κ1) is 17.2. The lowest BCUT2D eigenvalue weighted by molar-refractivity contribution is -0.167. The molecule has 3 rings (SSSR count). The summed E-state index contributed by atoms with van der Waals surface area (Å²) >= 11 is 0.